The summed E-state index contributed by atoms with van der Waals surface area (Å²) in [6.45, 7) is 0. The zero-order valence-electron chi connectivity index (χ0n) is 15.4. The van der Waals surface area contributed by atoms with Crippen LogP contribution in [0.15, 0.2) is 42.6 Å². The van der Waals surface area contributed by atoms with Crippen molar-refractivity contribution in [2.75, 3.05) is 5.32 Å². The normalized spacial score (nSPS) is 25.8. The van der Waals surface area contributed by atoms with Gasteiger partial charge in [0, 0.05) is 40.8 Å². The third-order valence-electron chi connectivity index (χ3n) is 5.34. The number of nitrogens with one attached hydrogen (secondary N) is 3. The second-order valence-electron chi connectivity index (χ2n) is 7.22. The molecule has 2 heterocycles. The molecular weight excluding hydrogens is 398 g/mol. The highest BCUT2D eigenvalue weighted by Gasteiger charge is 2.46. The van der Waals surface area contributed by atoms with E-state index in [1.807, 2.05) is 0 Å². The maximum Gasteiger partial charge on any atom is 0.243 e. The van der Waals surface area contributed by atoms with E-state index in [0.717, 1.165) is 0 Å². The fourth-order valence-electron chi connectivity index (χ4n) is 3.84. The minimum Gasteiger partial charge on any atom is -0.439 e. The molecule has 29 heavy (non-hydrogen) atoms. The summed E-state index contributed by atoms with van der Waals surface area (Å²) in [5.74, 6) is 0.609. The lowest BCUT2D eigenvalue weighted by Gasteiger charge is -2.28. The van der Waals surface area contributed by atoms with Crippen molar-refractivity contribution in [3.05, 3.63) is 57.7 Å². The summed E-state index contributed by atoms with van der Waals surface area (Å²) in [6.07, 6.45) is 3.08. The SMILES string of the molecule is O=C(Nc1ccc(Oc2ccc(Cl)cc2)nc1)C1NNC2CCC([N+](=O)[O-])CC21. The van der Waals surface area contributed by atoms with Gasteiger partial charge in [0.05, 0.1) is 11.9 Å². The van der Waals surface area contributed by atoms with E-state index in [1.165, 1.54) is 6.20 Å². The van der Waals surface area contributed by atoms with Crippen LogP contribution >= 0.6 is 11.6 Å². The van der Waals surface area contributed by atoms with Crippen LogP contribution in [0.5, 0.6) is 11.6 Å². The lowest BCUT2D eigenvalue weighted by atomic mass is 9.79. The van der Waals surface area contributed by atoms with Crippen LogP contribution in [0.4, 0.5) is 5.69 Å². The molecule has 1 aliphatic heterocycles. The second kappa shape index (κ2) is 8.32. The Morgan fingerprint density at radius 2 is 2.00 bits per heavy atom. The smallest absolute Gasteiger partial charge is 0.243 e. The maximum absolute atomic E-state index is 12.7. The number of carbonyl (C=O) groups is 1. The molecule has 1 aromatic carbocycles. The van der Waals surface area contributed by atoms with Gasteiger partial charge in [-0.3, -0.25) is 20.3 Å². The molecule has 4 atom stereocenters. The molecule has 4 rings (SSSR count). The number of amides is 1. The van der Waals surface area contributed by atoms with Crippen LogP contribution < -0.4 is 20.9 Å². The van der Waals surface area contributed by atoms with E-state index in [-0.39, 0.29) is 22.8 Å². The van der Waals surface area contributed by atoms with Crippen LogP contribution in [0.25, 0.3) is 0 Å². The van der Waals surface area contributed by atoms with Gasteiger partial charge in [-0.05, 0) is 36.8 Å². The van der Waals surface area contributed by atoms with E-state index in [9.17, 15) is 14.9 Å². The minimum absolute atomic E-state index is 0.0650. The van der Waals surface area contributed by atoms with Crippen molar-refractivity contribution in [2.45, 2.75) is 37.4 Å². The minimum atomic E-state index is -0.598. The molecule has 0 bridgehead atoms. The van der Waals surface area contributed by atoms with Crippen molar-refractivity contribution in [3.63, 3.8) is 0 Å². The van der Waals surface area contributed by atoms with Crippen LogP contribution in [0.2, 0.25) is 5.02 Å². The van der Waals surface area contributed by atoms with Gasteiger partial charge in [-0.25, -0.2) is 10.4 Å². The molecule has 3 N–H and O–H groups in total. The summed E-state index contributed by atoms with van der Waals surface area (Å²) < 4.78 is 5.63. The van der Waals surface area contributed by atoms with Gasteiger partial charge in [0.2, 0.25) is 17.8 Å². The number of nitrogens with zero attached hydrogens (tertiary/aromatic N) is 2. The summed E-state index contributed by atoms with van der Waals surface area (Å²) in [5, 5.41) is 14.6. The average Bonchev–Trinajstić information content (AvgIpc) is 3.14. The van der Waals surface area contributed by atoms with Gasteiger partial charge in [0.1, 0.15) is 11.8 Å². The first kappa shape index (κ1) is 19.6. The highest BCUT2D eigenvalue weighted by molar-refractivity contribution is 6.30. The number of hydrogen-bond acceptors (Lipinski definition) is 7. The quantitative estimate of drug-likeness (QED) is 0.505. The van der Waals surface area contributed by atoms with E-state index < -0.39 is 12.1 Å². The molecule has 1 aromatic heterocycles. The predicted octanol–water partition coefficient (Wildman–Crippen LogP) is 2.76. The second-order valence-corrected chi connectivity index (χ2v) is 7.66. The molecule has 152 valence electrons. The molecular formula is C19H20ClN5O4. The molecule has 1 amide bonds. The van der Waals surface area contributed by atoms with Crippen molar-refractivity contribution in [1.29, 1.82) is 0 Å². The molecule has 4 unspecified atom stereocenters. The predicted molar refractivity (Wildman–Crippen MR) is 106 cm³/mol. The van der Waals surface area contributed by atoms with Crippen LogP contribution in [-0.4, -0.2) is 33.9 Å². The molecule has 1 saturated carbocycles. The standard InChI is InChI=1S/C19H20ClN5O4/c20-11-1-5-14(6-2-11)29-17-8-3-12(10-21-17)22-19(26)18-15-9-13(25(27)28)4-7-16(15)23-24-18/h1-3,5-6,8,10,13,15-16,18,23-24H,4,7,9H2,(H,22,26). The number of ether oxygens (including phenoxy) is 1. The van der Waals surface area contributed by atoms with E-state index in [0.29, 0.717) is 41.6 Å². The molecule has 2 aromatic rings. The Kier molecular flexibility index (Phi) is 5.61. The fourth-order valence-corrected chi connectivity index (χ4v) is 3.97. The van der Waals surface area contributed by atoms with Gasteiger partial charge in [-0.15, -0.1) is 0 Å². The molecule has 1 aliphatic carbocycles. The third kappa shape index (κ3) is 4.47. The zero-order chi connectivity index (χ0) is 20.4. The maximum atomic E-state index is 12.7. The fraction of sp³-hybridized carbons (Fsp3) is 0.368. The van der Waals surface area contributed by atoms with Crippen LogP contribution in [0.1, 0.15) is 19.3 Å². The van der Waals surface area contributed by atoms with Gasteiger partial charge in [0.15, 0.2) is 0 Å². The van der Waals surface area contributed by atoms with Crippen LogP contribution in [-0.2, 0) is 4.79 Å². The molecule has 1 saturated heterocycles. The Bertz CT molecular complexity index is 892. The number of benzene rings is 1. The number of pyridine rings is 1. The Morgan fingerprint density at radius 3 is 2.69 bits per heavy atom. The third-order valence-corrected chi connectivity index (χ3v) is 5.60. The van der Waals surface area contributed by atoms with E-state index >= 15 is 0 Å². The van der Waals surface area contributed by atoms with E-state index in [4.69, 9.17) is 16.3 Å². The topological polar surface area (TPSA) is 118 Å². The van der Waals surface area contributed by atoms with Gasteiger partial charge in [0.25, 0.3) is 0 Å². The lowest BCUT2D eigenvalue weighted by molar-refractivity contribution is -0.528. The highest BCUT2D eigenvalue weighted by atomic mass is 35.5. The number of carbonyl (C=O) groups excluding carboxylic acids is 1. The number of hydrazine groups is 1. The first-order valence-corrected chi connectivity index (χ1v) is 9.72. The Hall–Kier alpha value is -2.75. The number of nitro groups is 1. The number of halogens is 1. The Labute approximate surface area is 171 Å². The summed E-state index contributed by atoms with van der Waals surface area (Å²) in [6, 6.07) is 9.18. The van der Waals surface area contributed by atoms with Gasteiger partial charge >= 0.3 is 0 Å². The molecule has 0 spiro atoms. The summed E-state index contributed by atoms with van der Waals surface area (Å²) in [7, 11) is 0. The summed E-state index contributed by atoms with van der Waals surface area (Å²) >= 11 is 5.85. The monoisotopic (exact) mass is 417 g/mol. The van der Waals surface area contributed by atoms with E-state index in [1.54, 1.807) is 36.4 Å². The van der Waals surface area contributed by atoms with Gasteiger partial charge in [-0.2, -0.15) is 0 Å². The first-order valence-electron chi connectivity index (χ1n) is 9.34. The van der Waals surface area contributed by atoms with Gasteiger partial charge in [-0.1, -0.05) is 11.6 Å². The van der Waals surface area contributed by atoms with Crippen LogP contribution in [0, 0.1) is 16.0 Å². The number of fused-ring (bicyclic) bond motifs is 1. The Morgan fingerprint density at radius 1 is 1.21 bits per heavy atom. The molecule has 2 aliphatic rings. The molecule has 9 nitrogen and oxygen atoms in total. The molecule has 0 radical (unpaired) electrons. The number of rotatable bonds is 5. The van der Waals surface area contributed by atoms with Gasteiger partial charge < -0.3 is 10.1 Å². The van der Waals surface area contributed by atoms with Crippen molar-refractivity contribution in [3.8, 4) is 11.6 Å². The first-order chi connectivity index (χ1) is 14.0. The molecule has 10 heteroatoms. The van der Waals surface area contributed by atoms with Crippen LogP contribution in [0.3, 0.4) is 0 Å². The average molecular weight is 418 g/mol. The summed E-state index contributed by atoms with van der Waals surface area (Å²) in [5.41, 5.74) is 6.60. The Balaban J connectivity index is 1.37. The molecule has 2 fully saturated rings. The van der Waals surface area contributed by atoms with Crippen molar-refractivity contribution < 1.29 is 14.5 Å². The largest absolute Gasteiger partial charge is 0.439 e. The van der Waals surface area contributed by atoms with Crippen molar-refractivity contribution in [2.24, 2.45) is 5.92 Å². The number of hydrogen-bond donors (Lipinski definition) is 3. The summed E-state index contributed by atoms with van der Waals surface area (Å²) in [4.78, 5) is 27.8. The lowest BCUT2D eigenvalue weighted by Crippen LogP contribution is -2.44. The zero-order valence-corrected chi connectivity index (χ0v) is 16.1. The van der Waals surface area contributed by atoms with Crippen molar-refractivity contribution in [1.82, 2.24) is 15.8 Å². The van der Waals surface area contributed by atoms with Crippen molar-refractivity contribution >= 4 is 23.2 Å². The highest BCUT2D eigenvalue weighted by Crippen LogP contribution is 2.32. The number of aromatic nitrogens is 1. The number of anilines is 1. The van der Waals surface area contributed by atoms with E-state index in [2.05, 4.69) is 21.2 Å².